The smallest absolute Gasteiger partial charge is 0.278 e. The van der Waals surface area contributed by atoms with Crippen LogP contribution in [0, 0.1) is 18.3 Å². The van der Waals surface area contributed by atoms with Gasteiger partial charge in [0.05, 0.1) is 19.4 Å². The van der Waals surface area contributed by atoms with Crippen LogP contribution in [0.4, 0.5) is 0 Å². The molecule has 0 bridgehead atoms. The minimum Gasteiger partial charge on any atom is -0.490 e. The molecule has 4 rings (SSSR count). The maximum atomic E-state index is 12.3. The van der Waals surface area contributed by atoms with Crippen molar-refractivity contribution < 1.29 is 23.7 Å². The second-order valence-electron chi connectivity index (χ2n) is 8.80. The van der Waals surface area contributed by atoms with Gasteiger partial charge in [0.1, 0.15) is 18.2 Å². The number of carbonyl (C=O) groups is 1. The normalized spacial score (nSPS) is 10.8. The Labute approximate surface area is 233 Å². The molecule has 0 unspecified atom stereocenters. The molecule has 204 valence electrons. The number of amides is 1. The number of benzene rings is 3. The lowest BCUT2D eigenvalue weighted by atomic mass is 10.1. The number of aromatic nitrogens is 1. The monoisotopic (exact) mass is 538 g/mol. The summed E-state index contributed by atoms with van der Waals surface area (Å²) < 4.78 is 22.5. The Balaban J connectivity index is 1.37. The zero-order chi connectivity index (χ0) is 28.3. The van der Waals surface area contributed by atoms with Gasteiger partial charge >= 0.3 is 0 Å². The molecule has 0 aliphatic rings. The minimum absolute atomic E-state index is 0.0779. The fourth-order valence-electron chi connectivity index (χ4n) is 4.11. The molecular formula is C31H30N4O5. The van der Waals surface area contributed by atoms with E-state index in [1.165, 1.54) is 13.3 Å². The Morgan fingerprint density at radius 3 is 2.62 bits per heavy atom. The number of hydrogen-bond donors (Lipinski definition) is 1. The highest BCUT2D eigenvalue weighted by molar-refractivity contribution is 5.86. The second-order valence-corrected chi connectivity index (χ2v) is 8.80. The molecule has 0 radical (unpaired) electrons. The van der Waals surface area contributed by atoms with E-state index in [1.54, 1.807) is 19.1 Å². The van der Waals surface area contributed by atoms with Gasteiger partial charge < -0.3 is 18.9 Å². The molecule has 40 heavy (non-hydrogen) atoms. The number of hydrazone groups is 1. The number of nitrogens with one attached hydrogen (secondary N) is 1. The van der Waals surface area contributed by atoms with Gasteiger partial charge in [-0.15, -0.1) is 0 Å². The van der Waals surface area contributed by atoms with E-state index in [0.29, 0.717) is 41.5 Å². The number of nitrogens with zero attached hydrogens (tertiary/aromatic N) is 3. The van der Waals surface area contributed by atoms with Crippen LogP contribution >= 0.6 is 0 Å². The van der Waals surface area contributed by atoms with Crippen molar-refractivity contribution in [1.82, 2.24) is 10.4 Å². The zero-order valence-electron chi connectivity index (χ0n) is 22.6. The average Bonchev–Trinajstić information content (AvgIpc) is 2.96. The van der Waals surface area contributed by atoms with E-state index in [-0.39, 0.29) is 24.7 Å². The van der Waals surface area contributed by atoms with E-state index in [4.69, 9.17) is 18.9 Å². The molecule has 3 aromatic carbocycles. The second kappa shape index (κ2) is 13.7. The van der Waals surface area contributed by atoms with Gasteiger partial charge in [-0.2, -0.15) is 10.4 Å². The van der Waals surface area contributed by atoms with Crippen LogP contribution in [0.5, 0.6) is 17.4 Å². The van der Waals surface area contributed by atoms with Gasteiger partial charge in [-0.1, -0.05) is 42.5 Å². The zero-order valence-corrected chi connectivity index (χ0v) is 22.6. The summed E-state index contributed by atoms with van der Waals surface area (Å²) in [6.45, 7) is 4.39. The molecule has 0 spiro atoms. The lowest BCUT2D eigenvalue weighted by molar-refractivity contribution is -0.123. The maximum absolute atomic E-state index is 12.3. The van der Waals surface area contributed by atoms with Gasteiger partial charge in [0.15, 0.2) is 18.1 Å². The summed E-state index contributed by atoms with van der Waals surface area (Å²) in [5, 5.41) is 15.8. The quantitative estimate of drug-likeness (QED) is 0.198. The molecule has 1 heterocycles. The van der Waals surface area contributed by atoms with Gasteiger partial charge in [0.2, 0.25) is 5.88 Å². The van der Waals surface area contributed by atoms with Crippen molar-refractivity contribution >= 4 is 22.9 Å². The molecular weight excluding hydrogens is 508 g/mol. The van der Waals surface area contributed by atoms with E-state index in [2.05, 4.69) is 39.8 Å². The first kappa shape index (κ1) is 28.1. The van der Waals surface area contributed by atoms with E-state index in [0.717, 1.165) is 16.3 Å². The SMILES string of the molecule is CCOc1cc(/C=N\NC(=O)COc2nc(C)cc(COC)c2C#N)ccc1OCc1cccc2ccccc12. The summed E-state index contributed by atoms with van der Waals surface area (Å²) in [5.41, 5.74) is 5.72. The van der Waals surface area contributed by atoms with Crippen LogP contribution < -0.4 is 19.6 Å². The number of ether oxygens (including phenoxy) is 4. The van der Waals surface area contributed by atoms with E-state index >= 15 is 0 Å². The molecule has 0 saturated carbocycles. The van der Waals surface area contributed by atoms with Crippen LogP contribution in [0.1, 0.15) is 34.9 Å². The Bertz CT molecular complexity index is 1560. The number of rotatable bonds is 12. The van der Waals surface area contributed by atoms with E-state index < -0.39 is 5.91 Å². The standard InChI is InChI=1S/C31H30N4O5/c1-4-38-29-15-22(12-13-28(29)39-19-24-10-7-9-23-8-5-6-11-26(23)24)17-33-35-30(36)20-40-31-27(16-32)25(18-37-3)14-21(2)34-31/h5-15,17H,4,18-20H2,1-3H3,(H,35,36)/b33-17-. The third-order valence-electron chi connectivity index (χ3n) is 5.88. The van der Waals surface area contributed by atoms with Crippen LogP contribution in [0.3, 0.4) is 0 Å². The van der Waals surface area contributed by atoms with Crippen molar-refractivity contribution in [3.63, 3.8) is 0 Å². The van der Waals surface area contributed by atoms with Crippen LogP contribution in [-0.4, -0.2) is 37.4 Å². The number of hydrogen-bond acceptors (Lipinski definition) is 8. The summed E-state index contributed by atoms with van der Waals surface area (Å²) in [7, 11) is 1.53. The van der Waals surface area contributed by atoms with Crippen molar-refractivity contribution in [2.45, 2.75) is 27.1 Å². The summed E-state index contributed by atoms with van der Waals surface area (Å²) >= 11 is 0. The average molecular weight is 539 g/mol. The van der Waals surface area contributed by atoms with Crippen molar-refractivity contribution in [2.75, 3.05) is 20.3 Å². The molecule has 1 aromatic heterocycles. The summed E-state index contributed by atoms with van der Waals surface area (Å²) in [5.74, 6) is 0.755. The first-order chi connectivity index (χ1) is 19.5. The number of carbonyl (C=O) groups excluding carboxylic acids is 1. The van der Waals surface area contributed by atoms with Crippen LogP contribution in [0.25, 0.3) is 10.8 Å². The molecule has 0 aliphatic carbocycles. The largest absolute Gasteiger partial charge is 0.490 e. The molecule has 0 fully saturated rings. The van der Waals surface area contributed by atoms with Crippen molar-refractivity contribution in [3.8, 4) is 23.4 Å². The van der Waals surface area contributed by atoms with Crippen molar-refractivity contribution in [1.29, 1.82) is 5.26 Å². The highest BCUT2D eigenvalue weighted by Crippen LogP contribution is 2.30. The van der Waals surface area contributed by atoms with Crippen molar-refractivity contribution in [2.24, 2.45) is 5.10 Å². The maximum Gasteiger partial charge on any atom is 0.278 e. The molecule has 1 amide bonds. The van der Waals surface area contributed by atoms with Gasteiger partial charge in [0.25, 0.3) is 5.91 Å². The van der Waals surface area contributed by atoms with Gasteiger partial charge in [-0.3, -0.25) is 4.79 Å². The predicted octanol–water partition coefficient (Wildman–Crippen LogP) is 5.07. The Morgan fingerprint density at radius 1 is 1.00 bits per heavy atom. The van der Waals surface area contributed by atoms with Gasteiger partial charge in [-0.25, -0.2) is 10.4 Å². The third kappa shape index (κ3) is 7.12. The molecule has 0 aliphatic heterocycles. The number of nitriles is 1. The first-order valence-corrected chi connectivity index (χ1v) is 12.7. The molecule has 9 heteroatoms. The Morgan fingerprint density at radius 2 is 1.82 bits per heavy atom. The van der Waals surface area contributed by atoms with Crippen molar-refractivity contribution in [3.05, 3.63) is 94.7 Å². The van der Waals surface area contributed by atoms with E-state index in [1.807, 2.05) is 43.3 Å². The Hall–Kier alpha value is -4.94. The number of methoxy groups -OCH3 is 1. The van der Waals surface area contributed by atoms with Crippen LogP contribution in [-0.2, 0) is 22.7 Å². The number of pyridine rings is 1. The molecule has 1 N–H and O–H groups in total. The topological polar surface area (TPSA) is 115 Å². The highest BCUT2D eigenvalue weighted by atomic mass is 16.5. The predicted molar refractivity (Wildman–Crippen MR) is 152 cm³/mol. The van der Waals surface area contributed by atoms with E-state index in [9.17, 15) is 10.1 Å². The Kier molecular flexibility index (Phi) is 9.64. The lowest BCUT2D eigenvalue weighted by Gasteiger charge is -2.14. The molecule has 4 aromatic rings. The molecule has 0 saturated heterocycles. The fraction of sp³-hybridized carbons (Fsp3) is 0.226. The summed E-state index contributed by atoms with van der Waals surface area (Å²) in [6.07, 6.45) is 1.50. The third-order valence-corrected chi connectivity index (χ3v) is 5.88. The molecule has 9 nitrogen and oxygen atoms in total. The summed E-state index contributed by atoms with van der Waals surface area (Å²) in [6, 6.07) is 23.5. The first-order valence-electron chi connectivity index (χ1n) is 12.7. The molecule has 0 atom stereocenters. The van der Waals surface area contributed by atoms with Crippen LogP contribution in [0.2, 0.25) is 0 Å². The number of fused-ring (bicyclic) bond motifs is 1. The lowest BCUT2D eigenvalue weighted by Crippen LogP contribution is -2.25. The summed E-state index contributed by atoms with van der Waals surface area (Å²) in [4.78, 5) is 16.5. The van der Waals surface area contributed by atoms with Gasteiger partial charge in [-0.05, 0) is 60.0 Å². The van der Waals surface area contributed by atoms with Crippen LogP contribution in [0.15, 0.2) is 71.8 Å². The number of aryl methyl sites for hydroxylation is 1. The highest BCUT2D eigenvalue weighted by Gasteiger charge is 2.14. The fourth-order valence-corrected chi connectivity index (χ4v) is 4.11. The van der Waals surface area contributed by atoms with Gasteiger partial charge in [0, 0.05) is 18.4 Å². The minimum atomic E-state index is -0.503.